The summed E-state index contributed by atoms with van der Waals surface area (Å²) >= 11 is 0. The lowest BCUT2D eigenvalue weighted by atomic mass is 10.5. The molecule has 4 nitrogen and oxygen atoms in total. The normalized spacial score (nSPS) is 18.5. The first-order chi connectivity index (χ1) is 5.20. The molecule has 0 aliphatic carbocycles. The van der Waals surface area contributed by atoms with Gasteiger partial charge in [-0.25, -0.2) is 0 Å². The summed E-state index contributed by atoms with van der Waals surface area (Å²) in [5, 5.41) is 0. The zero-order chi connectivity index (χ0) is 8.27. The van der Waals surface area contributed by atoms with Crippen molar-refractivity contribution in [2.45, 2.75) is 20.1 Å². The van der Waals surface area contributed by atoms with Crippen LogP contribution in [0.2, 0.25) is 0 Å². The summed E-state index contributed by atoms with van der Waals surface area (Å²) in [6.07, 6.45) is 1.53. The Bertz CT molecular complexity index is 179. The highest BCUT2D eigenvalue weighted by molar-refractivity contribution is 5.66. The SMILES string of the molecule is CC(=O)OC(C)N1C=NCC1. The number of carbonyl (C=O) groups excluding carboxylic acids is 1. The Hall–Kier alpha value is -1.06. The van der Waals surface area contributed by atoms with Gasteiger partial charge in [0.15, 0.2) is 6.23 Å². The predicted molar refractivity (Wildman–Crippen MR) is 41.3 cm³/mol. The molecule has 0 fully saturated rings. The van der Waals surface area contributed by atoms with E-state index in [0.29, 0.717) is 0 Å². The van der Waals surface area contributed by atoms with Crippen molar-refractivity contribution in [3.63, 3.8) is 0 Å². The van der Waals surface area contributed by atoms with Crippen molar-refractivity contribution in [2.75, 3.05) is 13.1 Å². The van der Waals surface area contributed by atoms with Gasteiger partial charge in [-0.1, -0.05) is 0 Å². The monoisotopic (exact) mass is 156 g/mol. The van der Waals surface area contributed by atoms with Gasteiger partial charge in [-0.15, -0.1) is 0 Å². The van der Waals surface area contributed by atoms with E-state index in [1.54, 1.807) is 6.34 Å². The van der Waals surface area contributed by atoms with Crippen LogP contribution in [0.4, 0.5) is 0 Å². The summed E-state index contributed by atoms with van der Waals surface area (Å²) in [6.45, 7) is 4.88. The van der Waals surface area contributed by atoms with E-state index in [9.17, 15) is 4.79 Å². The van der Waals surface area contributed by atoms with E-state index in [4.69, 9.17) is 4.74 Å². The van der Waals surface area contributed by atoms with Crippen LogP contribution in [0.1, 0.15) is 13.8 Å². The summed E-state index contributed by atoms with van der Waals surface area (Å²) in [5.74, 6) is -0.252. The van der Waals surface area contributed by atoms with E-state index in [1.165, 1.54) is 6.92 Å². The van der Waals surface area contributed by atoms with Crippen molar-refractivity contribution in [3.8, 4) is 0 Å². The van der Waals surface area contributed by atoms with Gasteiger partial charge in [0.2, 0.25) is 0 Å². The Labute approximate surface area is 65.9 Å². The number of carbonyl (C=O) groups is 1. The smallest absolute Gasteiger partial charge is 0.304 e. The van der Waals surface area contributed by atoms with Crippen LogP contribution in [-0.4, -0.2) is 36.5 Å². The van der Waals surface area contributed by atoms with Crippen molar-refractivity contribution in [1.29, 1.82) is 0 Å². The van der Waals surface area contributed by atoms with E-state index in [1.807, 2.05) is 11.8 Å². The largest absolute Gasteiger partial charge is 0.442 e. The Morgan fingerprint density at radius 2 is 2.55 bits per heavy atom. The minimum Gasteiger partial charge on any atom is -0.442 e. The highest BCUT2D eigenvalue weighted by Gasteiger charge is 2.14. The number of ether oxygens (including phenoxy) is 1. The molecule has 0 aromatic rings. The van der Waals surface area contributed by atoms with E-state index >= 15 is 0 Å². The molecule has 0 saturated carbocycles. The molecule has 0 radical (unpaired) electrons. The summed E-state index contributed by atoms with van der Waals surface area (Å²) in [7, 11) is 0. The molecule has 1 atom stereocenters. The van der Waals surface area contributed by atoms with Gasteiger partial charge in [0.1, 0.15) is 0 Å². The first-order valence-electron chi connectivity index (χ1n) is 3.63. The molecule has 1 aliphatic heterocycles. The highest BCUT2D eigenvalue weighted by atomic mass is 16.6. The molecule has 0 aromatic heterocycles. The average molecular weight is 156 g/mol. The van der Waals surface area contributed by atoms with Gasteiger partial charge in [-0.2, -0.15) is 0 Å². The third-order valence-corrected chi connectivity index (χ3v) is 1.52. The molecule has 1 heterocycles. The minimum absolute atomic E-state index is 0.182. The van der Waals surface area contributed by atoms with E-state index in [2.05, 4.69) is 4.99 Å². The number of nitrogens with zero attached hydrogens (tertiary/aromatic N) is 2. The number of hydrogen-bond acceptors (Lipinski definition) is 4. The minimum atomic E-state index is -0.252. The Balaban J connectivity index is 2.34. The first-order valence-corrected chi connectivity index (χ1v) is 3.63. The van der Waals surface area contributed by atoms with Crippen molar-refractivity contribution in [2.24, 2.45) is 4.99 Å². The lowest BCUT2D eigenvalue weighted by Crippen LogP contribution is -2.33. The second-order valence-electron chi connectivity index (χ2n) is 2.47. The number of rotatable bonds is 2. The van der Waals surface area contributed by atoms with Crippen LogP contribution < -0.4 is 0 Å². The molecular weight excluding hydrogens is 144 g/mol. The predicted octanol–water partition coefficient (Wildman–Crippen LogP) is 0.239. The zero-order valence-electron chi connectivity index (χ0n) is 6.78. The maximum Gasteiger partial charge on any atom is 0.304 e. The van der Waals surface area contributed by atoms with Gasteiger partial charge in [0.25, 0.3) is 0 Å². The summed E-state index contributed by atoms with van der Waals surface area (Å²) < 4.78 is 4.93. The van der Waals surface area contributed by atoms with Crippen LogP contribution in [0.25, 0.3) is 0 Å². The third kappa shape index (κ3) is 2.22. The molecule has 0 N–H and O–H groups in total. The molecule has 62 valence electrons. The fourth-order valence-corrected chi connectivity index (χ4v) is 0.977. The van der Waals surface area contributed by atoms with Gasteiger partial charge < -0.3 is 9.64 Å². The van der Waals surface area contributed by atoms with E-state index < -0.39 is 0 Å². The van der Waals surface area contributed by atoms with Gasteiger partial charge in [-0.05, 0) is 6.92 Å². The lowest BCUT2D eigenvalue weighted by molar-refractivity contribution is -0.150. The Morgan fingerprint density at radius 1 is 1.82 bits per heavy atom. The molecule has 0 saturated heterocycles. The number of hydrogen-bond donors (Lipinski definition) is 0. The molecule has 4 heteroatoms. The Morgan fingerprint density at radius 3 is 3.00 bits per heavy atom. The van der Waals surface area contributed by atoms with Crippen LogP contribution in [-0.2, 0) is 9.53 Å². The molecule has 11 heavy (non-hydrogen) atoms. The zero-order valence-corrected chi connectivity index (χ0v) is 6.78. The van der Waals surface area contributed by atoms with Crippen molar-refractivity contribution < 1.29 is 9.53 Å². The molecule has 0 amide bonds. The molecule has 1 rings (SSSR count). The fourth-order valence-electron chi connectivity index (χ4n) is 0.977. The second kappa shape index (κ2) is 3.37. The van der Waals surface area contributed by atoms with Gasteiger partial charge in [-0.3, -0.25) is 9.79 Å². The molecular formula is C7H12N2O2. The van der Waals surface area contributed by atoms with Gasteiger partial charge in [0.05, 0.1) is 12.9 Å². The quantitative estimate of drug-likeness (QED) is 0.538. The maximum absolute atomic E-state index is 10.5. The number of aliphatic imine (C=N–C) groups is 1. The Kier molecular flexibility index (Phi) is 2.46. The topological polar surface area (TPSA) is 41.9 Å². The van der Waals surface area contributed by atoms with E-state index in [-0.39, 0.29) is 12.2 Å². The highest BCUT2D eigenvalue weighted by Crippen LogP contribution is 2.02. The molecule has 0 aromatic carbocycles. The average Bonchev–Trinajstić information content (AvgIpc) is 2.35. The third-order valence-electron chi connectivity index (χ3n) is 1.52. The second-order valence-corrected chi connectivity index (χ2v) is 2.47. The first kappa shape index (κ1) is 8.04. The fraction of sp³-hybridized carbons (Fsp3) is 0.714. The van der Waals surface area contributed by atoms with Crippen molar-refractivity contribution in [3.05, 3.63) is 0 Å². The summed E-state index contributed by atoms with van der Waals surface area (Å²) in [5.41, 5.74) is 0. The van der Waals surface area contributed by atoms with Crippen LogP contribution in [0, 0.1) is 0 Å². The maximum atomic E-state index is 10.5. The molecule has 0 spiro atoms. The van der Waals surface area contributed by atoms with Crippen LogP contribution in [0.15, 0.2) is 4.99 Å². The molecule has 1 aliphatic rings. The van der Waals surface area contributed by atoms with Crippen LogP contribution in [0.5, 0.6) is 0 Å². The van der Waals surface area contributed by atoms with Crippen molar-refractivity contribution >= 4 is 12.3 Å². The molecule has 0 bridgehead atoms. The molecule has 1 unspecified atom stereocenters. The van der Waals surface area contributed by atoms with Crippen LogP contribution >= 0.6 is 0 Å². The summed E-state index contributed by atoms with van der Waals surface area (Å²) in [6, 6.07) is 0. The lowest BCUT2D eigenvalue weighted by Gasteiger charge is -2.21. The van der Waals surface area contributed by atoms with Crippen molar-refractivity contribution in [1.82, 2.24) is 4.90 Å². The van der Waals surface area contributed by atoms with Crippen LogP contribution in [0.3, 0.4) is 0 Å². The van der Waals surface area contributed by atoms with E-state index in [0.717, 1.165) is 13.1 Å². The number of esters is 1. The van der Waals surface area contributed by atoms with Gasteiger partial charge in [0, 0.05) is 13.5 Å². The summed E-state index contributed by atoms with van der Waals surface area (Å²) in [4.78, 5) is 16.4. The standard InChI is InChI=1S/C7H12N2O2/c1-6(11-7(2)10)9-4-3-8-5-9/h5-6H,3-4H2,1-2H3. The van der Waals surface area contributed by atoms with Gasteiger partial charge >= 0.3 is 5.97 Å².